The standard InChI is InChI=1S/C32H29ClN4O3S/c33-28-9-5-4-8-26(28)31-36-37-29(34)27(30(38)35-32(37)41-31)20-21-10-14-24(15-11-21)39-18-19-40-25-16-12-23(13-17-25)22-6-2-1-3-7-22/h4-5,8-17,20,22,34H,1-3,6-7,18-19H2/b27-20-,34-29?. The number of thioether (sulfide) groups is 1. The third kappa shape index (κ3) is 6.24. The summed E-state index contributed by atoms with van der Waals surface area (Å²) >= 11 is 7.53. The minimum absolute atomic E-state index is 0.0289. The minimum atomic E-state index is -0.478. The second-order valence-electron chi connectivity index (χ2n) is 10.1. The second kappa shape index (κ2) is 12.3. The Bertz CT molecular complexity index is 1540. The number of rotatable bonds is 8. The lowest BCUT2D eigenvalue weighted by molar-refractivity contribution is -0.114. The second-order valence-corrected chi connectivity index (χ2v) is 11.4. The Balaban J connectivity index is 1.03. The molecule has 0 unspecified atom stereocenters. The van der Waals surface area contributed by atoms with Crippen LogP contribution in [0, 0.1) is 5.41 Å². The summed E-state index contributed by atoms with van der Waals surface area (Å²) in [5.41, 5.74) is 3.06. The summed E-state index contributed by atoms with van der Waals surface area (Å²) in [6, 6.07) is 23.1. The third-order valence-corrected chi connectivity index (χ3v) is 8.60. The van der Waals surface area contributed by atoms with Gasteiger partial charge in [0.2, 0.25) is 5.17 Å². The van der Waals surface area contributed by atoms with E-state index in [-0.39, 0.29) is 11.4 Å². The van der Waals surface area contributed by atoms with Crippen LogP contribution in [0.4, 0.5) is 0 Å². The van der Waals surface area contributed by atoms with E-state index in [4.69, 9.17) is 26.5 Å². The zero-order chi connectivity index (χ0) is 28.2. The number of carbonyl (C=O) groups excluding carboxylic acids is 1. The number of fused-ring (bicyclic) bond motifs is 1. The zero-order valence-corrected chi connectivity index (χ0v) is 24.0. The van der Waals surface area contributed by atoms with E-state index in [1.54, 1.807) is 12.1 Å². The van der Waals surface area contributed by atoms with Crippen LogP contribution < -0.4 is 9.47 Å². The Hall–Kier alpha value is -3.88. The molecule has 0 radical (unpaired) electrons. The highest BCUT2D eigenvalue weighted by Gasteiger charge is 2.36. The van der Waals surface area contributed by atoms with E-state index in [1.807, 2.05) is 54.6 Å². The number of ether oxygens (including phenoxy) is 2. The van der Waals surface area contributed by atoms with Crippen LogP contribution in [0.25, 0.3) is 6.08 Å². The number of aliphatic imine (C=N–C) groups is 1. The Labute approximate surface area is 248 Å². The van der Waals surface area contributed by atoms with Gasteiger partial charge in [0.25, 0.3) is 5.91 Å². The van der Waals surface area contributed by atoms with Crippen LogP contribution in [0.3, 0.4) is 0 Å². The Morgan fingerprint density at radius 3 is 2.27 bits per heavy atom. The number of hydrogen-bond donors (Lipinski definition) is 1. The summed E-state index contributed by atoms with van der Waals surface area (Å²) in [6.45, 7) is 0.842. The van der Waals surface area contributed by atoms with Crippen molar-refractivity contribution in [2.24, 2.45) is 10.1 Å². The van der Waals surface area contributed by atoms with Crippen LogP contribution >= 0.6 is 23.4 Å². The molecule has 1 aliphatic carbocycles. The van der Waals surface area contributed by atoms with Crippen molar-refractivity contribution in [3.05, 3.63) is 100 Å². The molecule has 9 heteroatoms. The van der Waals surface area contributed by atoms with E-state index in [0.717, 1.165) is 16.9 Å². The molecule has 3 aromatic carbocycles. The molecule has 41 heavy (non-hydrogen) atoms. The monoisotopic (exact) mass is 584 g/mol. The lowest BCUT2D eigenvalue weighted by Crippen LogP contribution is -2.35. The molecule has 0 atom stereocenters. The van der Waals surface area contributed by atoms with E-state index in [2.05, 4.69) is 22.2 Å². The van der Waals surface area contributed by atoms with E-state index >= 15 is 0 Å². The molecule has 1 saturated carbocycles. The van der Waals surface area contributed by atoms with Gasteiger partial charge in [-0.05, 0) is 78.1 Å². The van der Waals surface area contributed by atoms with Gasteiger partial charge < -0.3 is 9.47 Å². The van der Waals surface area contributed by atoms with Crippen molar-refractivity contribution >= 4 is 51.4 Å². The molecule has 0 spiro atoms. The molecule has 1 fully saturated rings. The minimum Gasteiger partial charge on any atom is -0.490 e. The van der Waals surface area contributed by atoms with Crippen molar-refractivity contribution in [2.45, 2.75) is 38.0 Å². The fraction of sp³-hybridized carbons (Fsp3) is 0.250. The number of hydrazone groups is 1. The van der Waals surface area contributed by atoms with Crippen LogP contribution in [0.15, 0.2) is 88.5 Å². The van der Waals surface area contributed by atoms with Gasteiger partial charge in [-0.15, -0.1) is 0 Å². The van der Waals surface area contributed by atoms with Crippen LogP contribution in [0.2, 0.25) is 5.02 Å². The Morgan fingerprint density at radius 2 is 1.59 bits per heavy atom. The maximum Gasteiger partial charge on any atom is 0.283 e. The molecule has 2 heterocycles. The largest absolute Gasteiger partial charge is 0.490 e. The molecule has 3 aromatic rings. The Morgan fingerprint density at radius 1 is 0.927 bits per heavy atom. The molecule has 2 aliphatic heterocycles. The van der Waals surface area contributed by atoms with E-state index < -0.39 is 5.91 Å². The molecule has 6 rings (SSSR count). The summed E-state index contributed by atoms with van der Waals surface area (Å²) in [7, 11) is 0. The Kier molecular flexibility index (Phi) is 8.21. The molecular weight excluding hydrogens is 556 g/mol. The topological polar surface area (TPSA) is 87.3 Å². The van der Waals surface area contributed by atoms with Crippen LogP contribution in [-0.2, 0) is 4.79 Å². The molecule has 0 saturated heterocycles. The first-order valence-electron chi connectivity index (χ1n) is 13.8. The normalized spacial score (nSPS) is 18.3. The fourth-order valence-corrected chi connectivity index (χ4v) is 6.37. The molecule has 208 valence electrons. The SMILES string of the molecule is N=C1/C(=C/c2ccc(OCCOc3ccc(C4CCCCC4)cc3)cc2)C(=O)N=C2SC(c3ccccc3Cl)=NN12. The number of amidine groups is 2. The molecule has 1 amide bonds. The summed E-state index contributed by atoms with van der Waals surface area (Å²) in [6.07, 6.45) is 8.23. The number of benzene rings is 3. The van der Waals surface area contributed by atoms with Gasteiger partial charge in [-0.25, -0.2) is 0 Å². The van der Waals surface area contributed by atoms with Crippen molar-refractivity contribution in [1.29, 1.82) is 5.41 Å². The van der Waals surface area contributed by atoms with Crippen LogP contribution in [0.1, 0.15) is 54.7 Å². The van der Waals surface area contributed by atoms with Gasteiger partial charge in [0.05, 0.1) is 10.6 Å². The number of nitrogens with zero attached hydrogens (tertiary/aromatic N) is 3. The predicted molar refractivity (Wildman–Crippen MR) is 165 cm³/mol. The van der Waals surface area contributed by atoms with E-state index in [1.165, 1.54) is 54.4 Å². The number of halogens is 1. The fourth-order valence-electron chi connectivity index (χ4n) is 5.15. The number of carbonyl (C=O) groups is 1. The molecule has 3 aliphatic rings. The van der Waals surface area contributed by atoms with Crippen molar-refractivity contribution in [3.63, 3.8) is 0 Å². The van der Waals surface area contributed by atoms with Gasteiger partial charge in [-0.1, -0.05) is 73.3 Å². The number of nitrogens with one attached hydrogen (secondary N) is 1. The highest BCUT2D eigenvalue weighted by atomic mass is 35.5. The average Bonchev–Trinajstić information content (AvgIpc) is 3.43. The first kappa shape index (κ1) is 27.3. The van der Waals surface area contributed by atoms with Crippen LogP contribution in [-0.4, -0.2) is 40.2 Å². The molecule has 0 aromatic heterocycles. The molecule has 0 bridgehead atoms. The number of hydrogen-bond acceptors (Lipinski definition) is 6. The maximum absolute atomic E-state index is 12.8. The average molecular weight is 585 g/mol. The molecule has 7 nitrogen and oxygen atoms in total. The summed E-state index contributed by atoms with van der Waals surface area (Å²) in [5.74, 6) is 1.72. The molecular formula is C32H29ClN4O3S. The summed E-state index contributed by atoms with van der Waals surface area (Å²) < 4.78 is 11.7. The maximum atomic E-state index is 12.8. The first-order chi connectivity index (χ1) is 20.0. The zero-order valence-electron chi connectivity index (χ0n) is 22.4. The van der Waals surface area contributed by atoms with Crippen molar-refractivity contribution in [1.82, 2.24) is 5.01 Å². The summed E-state index contributed by atoms with van der Waals surface area (Å²) in [4.78, 5) is 16.9. The van der Waals surface area contributed by atoms with Gasteiger partial charge in [0.1, 0.15) is 29.8 Å². The van der Waals surface area contributed by atoms with Crippen molar-refractivity contribution in [3.8, 4) is 11.5 Å². The third-order valence-electron chi connectivity index (χ3n) is 7.33. The highest BCUT2D eigenvalue weighted by molar-refractivity contribution is 8.27. The van der Waals surface area contributed by atoms with Gasteiger partial charge in [-0.2, -0.15) is 15.1 Å². The summed E-state index contributed by atoms with van der Waals surface area (Å²) in [5, 5.41) is 16.0. The van der Waals surface area contributed by atoms with E-state index in [9.17, 15) is 4.79 Å². The van der Waals surface area contributed by atoms with Gasteiger partial charge in [0.15, 0.2) is 5.84 Å². The van der Waals surface area contributed by atoms with Gasteiger partial charge >= 0.3 is 0 Å². The highest BCUT2D eigenvalue weighted by Crippen LogP contribution is 2.34. The van der Waals surface area contributed by atoms with Crippen LogP contribution in [0.5, 0.6) is 11.5 Å². The smallest absolute Gasteiger partial charge is 0.283 e. The van der Waals surface area contributed by atoms with Gasteiger partial charge in [-0.3, -0.25) is 10.2 Å². The molecule has 1 N–H and O–H groups in total. The van der Waals surface area contributed by atoms with Crippen molar-refractivity contribution < 1.29 is 14.3 Å². The number of amides is 1. The van der Waals surface area contributed by atoms with Crippen molar-refractivity contribution in [2.75, 3.05) is 13.2 Å². The van der Waals surface area contributed by atoms with E-state index in [0.29, 0.717) is 40.1 Å². The predicted octanol–water partition coefficient (Wildman–Crippen LogP) is 7.51. The lowest BCUT2D eigenvalue weighted by atomic mass is 9.84. The van der Waals surface area contributed by atoms with Gasteiger partial charge in [0, 0.05) is 5.56 Å². The quantitative estimate of drug-likeness (QED) is 0.219. The lowest BCUT2D eigenvalue weighted by Gasteiger charge is -2.22. The first-order valence-corrected chi connectivity index (χ1v) is 15.0.